The SMILES string of the molecule is O=C(NCC(C(=O)O)C1CCOCC1)c1cccc(Cl)c1F. The van der Waals surface area contributed by atoms with Crippen LogP contribution in [0.1, 0.15) is 23.2 Å². The van der Waals surface area contributed by atoms with Crippen molar-refractivity contribution in [2.24, 2.45) is 11.8 Å². The van der Waals surface area contributed by atoms with Crippen LogP contribution in [0.4, 0.5) is 4.39 Å². The number of benzene rings is 1. The van der Waals surface area contributed by atoms with E-state index >= 15 is 0 Å². The first-order valence-electron chi connectivity index (χ1n) is 7.03. The molecular formula is C15H17ClFNO4. The van der Waals surface area contributed by atoms with Crippen molar-refractivity contribution in [3.8, 4) is 0 Å². The van der Waals surface area contributed by atoms with Crippen LogP contribution in [0.15, 0.2) is 18.2 Å². The highest BCUT2D eigenvalue weighted by molar-refractivity contribution is 6.31. The first-order chi connectivity index (χ1) is 10.5. The van der Waals surface area contributed by atoms with Crippen molar-refractivity contribution >= 4 is 23.5 Å². The molecule has 1 aliphatic heterocycles. The van der Waals surface area contributed by atoms with E-state index in [4.69, 9.17) is 16.3 Å². The molecule has 1 fully saturated rings. The van der Waals surface area contributed by atoms with E-state index in [9.17, 15) is 19.1 Å². The Bertz CT molecular complexity index is 560. The van der Waals surface area contributed by atoms with Crippen LogP contribution in [0.5, 0.6) is 0 Å². The van der Waals surface area contributed by atoms with E-state index in [1.54, 1.807) is 0 Å². The average molecular weight is 330 g/mol. The fraction of sp³-hybridized carbons (Fsp3) is 0.467. The van der Waals surface area contributed by atoms with Gasteiger partial charge in [0.05, 0.1) is 16.5 Å². The van der Waals surface area contributed by atoms with Crippen LogP contribution >= 0.6 is 11.6 Å². The number of carboxylic acid groups (broad SMARTS) is 1. The number of hydrogen-bond acceptors (Lipinski definition) is 3. The molecule has 22 heavy (non-hydrogen) atoms. The van der Waals surface area contributed by atoms with Gasteiger partial charge in [0.2, 0.25) is 0 Å². The molecule has 0 aromatic heterocycles. The number of carbonyl (C=O) groups excluding carboxylic acids is 1. The third-order valence-corrected chi connectivity index (χ3v) is 4.12. The van der Waals surface area contributed by atoms with Gasteiger partial charge in [-0.3, -0.25) is 9.59 Å². The van der Waals surface area contributed by atoms with E-state index in [-0.39, 0.29) is 23.0 Å². The number of hydrogen-bond donors (Lipinski definition) is 2. The largest absolute Gasteiger partial charge is 0.481 e. The summed E-state index contributed by atoms with van der Waals surface area (Å²) in [5.74, 6) is -3.22. The first-order valence-corrected chi connectivity index (χ1v) is 7.41. The van der Waals surface area contributed by atoms with E-state index in [0.29, 0.717) is 26.1 Å². The summed E-state index contributed by atoms with van der Waals surface area (Å²) < 4.78 is 19.0. The minimum Gasteiger partial charge on any atom is -0.481 e. The molecule has 1 aromatic rings. The Morgan fingerprint density at radius 1 is 1.41 bits per heavy atom. The van der Waals surface area contributed by atoms with E-state index < -0.39 is 23.6 Å². The maximum absolute atomic E-state index is 13.8. The van der Waals surface area contributed by atoms with Gasteiger partial charge in [-0.1, -0.05) is 17.7 Å². The van der Waals surface area contributed by atoms with E-state index in [2.05, 4.69) is 5.32 Å². The lowest BCUT2D eigenvalue weighted by Gasteiger charge is -2.27. The van der Waals surface area contributed by atoms with Crippen LogP contribution < -0.4 is 5.32 Å². The second kappa shape index (κ2) is 7.56. The smallest absolute Gasteiger partial charge is 0.308 e. The summed E-state index contributed by atoms with van der Waals surface area (Å²) in [7, 11) is 0. The minimum absolute atomic E-state index is 0.0508. The second-order valence-corrected chi connectivity index (χ2v) is 5.61. The summed E-state index contributed by atoms with van der Waals surface area (Å²) in [5, 5.41) is 11.7. The summed E-state index contributed by atoms with van der Waals surface area (Å²) in [5.41, 5.74) is -0.191. The zero-order valence-corrected chi connectivity index (χ0v) is 12.6. The molecule has 2 rings (SSSR count). The van der Waals surface area contributed by atoms with Gasteiger partial charge in [0.1, 0.15) is 0 Å². The van der Waals surface area contributed by atoms with Crippen LogP contribution in [-0.2, 0) is 9.53 Å². The molecule has 2 N–H and O–H groups in total. The van der Waals surface area contributed by atoms with Gasteiger partial charge in [0.15, 0.2) is 5.82 Å². The standard InChI is InChI=1S/C15H17ClFNO4/c16-12-3-1-2-10(13(12)17)14(19)18-8-11(15(20)21)9-4-6-22-7-5-9/h1-3,9,11H,4-8H2,(H,18,19)(H,20,21). The van der Waals surface area contributed by atoms with E-state index in [0.717, 1.165) is 0 Å². The topological polar surface area (TPSA) is 75.6 Å². The highest BCUT2D eigenvalue weighted by Crippen LogP contribution is 2.24. The lowest BCUT2D eigenvalue weighted by Crippen LogP contribution is -2.39. The van der Waals surface area contributed by atoms with Crippen LogP contribution in [0, 0.1) is 17.7 Å². The van der Waals surface area contributed by atoms with Crippen molar-refractivity contribution in [2.75, 3.05) is 19.8 Å². The number of nitrogens with one attached hydrogen (secondary N) is 1. The molecule has 0 radical (unpaired) electrons. The molecule has 0 spiro atoms. The Morgan fingerprint density at radius 3 is 2.73 bits per heavy atom. The zero-order chi connectivity index (χ0) is 16.1. The van der Waals surface area contributed by atoms with Gasteiger partial charge in [0.25, 0.3) is 5.91 Å². The van der Waals surface area contributed by atoms with E-state index in [1.807, 2.05) is 0 Å². The van der Waals surface area contributed by atoms with Crippen molar-refractivity contribution in [2.45, 2.75) is 12.8 Å². The van der Waals surface area contributed by atoms with Gasteiger partial charge in [0, 0.05) is 19.8 Å². The molecule has 1 saturated heterocycles. The highest BCUT2D eigenvalue weighted by Gasteiger charge is 2.30. The van der Waals surface area contributed by atoms with Gasteiger partial charge < -0.3 is 15.2 Å². The summed E-state index contributed by atoms with van der Waals surface area (Å²) in [6, 6.07) is 4.12. The molecule has 5 nitrogen and oxygen atoms in total. The predicted molar refractivity (Wildman–Crippen MR) is 78.4 cm³/mol. The third-order valence-electron chi connectivity index (χ3n) is 3.83. The Kier molecular flexibility index (Phi) is 5.74. The summed E-state index contributed by atoms with van der Waals surface area (Å²) in [6.45, 7) is 0.988. The average Bonchev–Trinajstić information content (AvgIpc) is 2.50. The quantitative estimate of drug-likeness (QED) is 0.869. The number of carbonyl (C=O) groups is 2. The molecular weight excluding hydrogens is 313 g/mol. The molecule has 120 valence electrons. The third kappa shape index (κ3) is 3.96. The zero-order valence-electron chi connectivity index (χ0n) is 11.9. The van der Waals surface area contributed by atoms with Gasteiger partial charge in [-0.2, -0.15) is 0 Å². The molecule has 7 heteroatoms. The molecule has 1 aromatic carbocycles. The van der Waals surface area contributed by atoms with E-state index in [1.165, 1.54) is 18.2 Å². The second-order valence-electron chi connectivity index (χ2n) is 5.21. The molecule has 1 heterocycles. The van der Waals surface area contributed by atoms with Gasteiger partial charge >= 0.3 is 5.97 Å². The molecule has 0 aliphatic carbocycles. The summed E-state index contributed by atoms with van der Waals surface area (Å²) in [6.07, 6.45) is 1.27. The number of ether oxygens (including phenoxy) is 1. The molecule has 1 unspecified atom stereocenters. The van der Waals surface area contributed by atoms with Crippen LogP contribution in [0.25, 0.3) is 0 Å². The van der Waals surface area contributed by atoms with Gasteiger partial charge in [-0.25, -0.2) is 4.39 Å². The minimum atomic E-state index is -0.973. The monoisotopic (exact) mass is 329 g/mol. The molecule has 0 bridgehead atoms. The summed E-state index contributed by atoms with van der Waals surface area (Å²) >= 11 is 5.63. The highest BCUT2D eigenvalue weighted by atomic mass is 35.5. The Labute approximate surface area is 132 Å². The summed E-state index contributed by atoms with van der Waals surface area (Å²) in [4.78, 5) is 23.4. The van der Waals surface area contributed by atoms with Crippen LogP contribution in [-0.4, -0.2) is 36.7 Å². The molecule has 1 atom stereocenters. The Balaban J connectivity index is 2.01. The maximum Gasteiger partial charge on any atom is 0.308 e. The fourth-order valence-electron chi connectivity index (χ4n) is 2.55. The first kappa shape index (κ1) is 16.7. The van der Waals surface area contributed by atoms with Crippen molar-refractivity contribution in [3.63, 3.8) is 0 Å². The number of rotatable bonds is 5. The fourth-order valence-corrected chi connectivity index (χ4v) is 2.73. The Hall–Kier alpha value is -1.66. The molecule has 1 amide bonds. The number of amides is 1. The Morgan fingerprint density at radius 2 is 2.09 bits per heavy atom. The van der Waals surface area contributed by atoms with Crippen LogP contribution in [0.3, 0.4) is 0 Å². The molecule has 0 saturated carbocycles. The maximum atomic E-state index is 13.8. The number of aliphatic carboxylic acids is 1. The number of halogens is 2. The van der Waals surface area contributed by atoms with Crippen molar-refractivity contribution in [3.05, 3.63) is 34.6 Å². The molecule has 1 aliphatic rings. The predicted octanol–water partition coefficient (Wildman–Crippen LogP) is 2.34. The lowest BCUT2D eigenvalue weighted by atomic mass is 9.86. The lowest BCUT2D eigenvalue weighted by molar-refractivity contribution is -0.144. The normalized spacial score (nSPS) is 17.0. The van der Waals surface area contributed by atoms with Crippen LogP contribution in [0.2, 0.25) is 5.02 Å². The van der Waals surface area contributed by atoms with Crippen molar-refractivity contribution < 1.29 is 23.8 Å². The van der Waals surface area contributed by atoms with Gasteiger partial charge in [-0.05, 0) is 30.9 Å². The van der Waals surface area contributed by atoms with Crippen molar-refractivity contribution in [1.29, 1.82) is 0 Å². The number of carboxylic acids is 1. The van der Waals surface area contributed by atoms with Gasteiger partial charge in [-0.15, -0.1) is 0 Å². The van der Waals surface area contributed by atoms with Crippen molar-refractivity contribution in [1.82, 2.24) is 5.32 Å².